The summed E-state index contributed by atoms with van der Waals surface area (Å²) in [5, 5.41) is 10.9. The molecule has 0 spiro atoms. The van der Waals surface area contributed by atoms with Gasteiger partial charge in [0, 0.05) is 72.4 Å². The number of hydrogen-bond acceptors (Lipinski definition) is 9. The maximum atomic E-state index is 15.0. The quantitative estimate of drug-likeness (QED) is 0.183. The fourth-order valence-electron chi connectivity index (χ4n) is 7.64. The first kappa shape index (κ1) is 32.0. The monoisotopic (exact) mass is 686 g/mol. The number of nitriles is 1. The Hall–Kier alpha value is -5.18. The fraction of sp³-hybridized carbons (Fsp3) is 0.308. The molecule has 1 aliphatic carbocycles. The molecule has 3 aliphatic rings. The van der Waals surface area contributed by atoms with Crippen LogP contribution < -0.4 is 18.7 Å². The summed E-state index contributed by atoms with van der Waals surface area (Å²) in [6.45, 7) is 5.12. The second-order valence-corrected chi connectivity index (χ2v) is 14.9. The van der Waals surface area contributed by atoms with E-state index in [0.717, 1.165) is 41.0 Å². The first-order chi connectivity index (χ1) is 24.4. The molecule has 3 aromatic carbocycles. The van der Waals surface area contributed by atoms with Crippen LogP contribution in [0.3, 0.4) is 0 Å². The molecule has 10 nitrogen and oxygen atoms in total. The zero-order valence-corrected chi connectivity index (χ0v) is 28.9. The van der Waals surface area contributed by atoms with Gasteiger partial charge in [0.2, 0.25) is 0 Å². The number of methoxy groups -OCH3 is 1. The second-order valence-electron chi connectivity index (χ2n) is 13.0. The molecule has 0 N–H and O–H groups in total. The summed E-state index contributed by atoms with van der Waals surface area (Å²) in [6, 6.07) is 26.5. The van der Waals surface area contributed by atoms with Gasteiger partial charge in [0.1, 0.15) is 16.4 Å². The molecular formula is C39H38N6O4S. The highest BCUT2D eigenvalue weighted by molar-refractivity contribution is 7.93. The van der Waals surface area contributed by atoms with Gasteiger partial charge in [-0.3, -0.25) is 19.2 Å². The van der Waals surface area contributed by atoms with E-state index < -0.39 is 15.6 Å². The van der Waals surface area contributed by atoms with E-state index in [1.54, 1.807) is 43.6 Å². The topological polar surface area (TPSA) is 112 Å². The van der Waals surface area contributed by atoms with Crippen LogP contribution >= 0.6 is 0 Å². The Kier molecular flexibility index (Phi) is 8.08. The Labute approximate surface area is 292 Å². The second kappa shape index (κ2) is 12.6. The number of anilines is 2. The number of para-hydroxylation sites is 1. The van der Waals surface area contributed by atoms with Gasteiger partial charge < -0.3 is 14.4 Å². The van der Waals surface area contributed by atoms with Crippen LogP contribution in [0.15, 0.2) is 96.2 Å². The Morgan fingerprint density at radius 3 is 2.50 bits per heavy atom. The lowest BCUT2D eigenvalue weighted by molar-refractivity contribution is 0.124. The molecule has 5 aromatic rings. The lowest BCUT2D eigenvalue weighted by Crippen LogP contribution is -2.58. The number of piperazine rings is 1. The number of ether oxygens (including phenoxy) is 2. The summed E-state index contributed by atoms with van der Waals surface area (Å²) in [4.78, 5) is 14.0. The van der Waals surface area contributed by atoms with E-state index >= 15 is 0 Å². The van der Waals surface area contributed by atoms with Crippen molar-refractivity contribution in [3.8, 4) is 17.6 Å². The van der Waals surface area contributed by atoms with Crippen molar-refractivity contribution < 1.29 is 17.9 Å². The Morgan fingerprint density at radius 1 is 0.920 bits per heavy atom. The number of sulfonamides is 1. The van der Waals surface area contributed by atoms with Crippen LogP contribution in [-0.2, 0) is 15.6 Å². The van der Waals surface area contributed by atoms with Crippen molar-refractivity contribution in [2.24, 2.45) is 0 Å². The van der Waals surface area contributed by atoms with Gasteiger partial charge in [-0.2, -0.15) is 5.26 Å². The summed E-state index contributed by atoms with van der Waals surface area (Å²) >= 11 is 0. The molecule has 0 amide bonds. The molecule has 1 saturated heterocycles. The maximum Gasteiger partial charge on any atom is 0.266 e. The molecule has 50 heavy (non-hydrogen) atoms. The molecular weight excluding hydrogens is 649 g/mol. The third kappa shape index (κ3) is 5.30. The highest BCUT2D eigenvalue weighted by Crippen LogP contribution is 2.53. The van der Waals surface area contributed by atoms with Crippen LogP contribution in [0.1, 0.15) is 48.1 Å². The predicted octanol–water partition coefficient (Wildman–Crippen LogP) is 6.06. The van der Waals surface area contributed by atoms with Crippen LogP contribution in [0.5, 0.6) is 11.5 Å². The normalized spacial score (nSPS) is 19.3. The minimum absolute atomic E-state index is 0.0666. The summed E-state index contributed by atoms with van der Waals surface area (Å²) in [7, 11) is -2.52. The van der Waals surface area contributed by atoms with Crippen molar-refractivity contribution >= 4 is 32.3 Å². The number of fused-ring (bicyclic) bond motifs is 2. The average Bonchev–Trinajstić information content (AvgIpc) is 3.96. The van der Waals surface area contributed by atoms with E-state index in [4.69, 9.17) is 9.47 Å². The molecule has 1 unspecified atom stereocenters. The Balaban J connectivity index is 1.29. The molecule has 0 radical (unpaired) electrons. The smallest absolute Gasteiger partial charge is 0.266 e. The van der Waals surface area contributed by atoms with Gasteiger partial charge in [-0.05, 0) is 80.4 Å². The van der Waals surface area contributed by atoms with Crippen LogP contribution in [0.2, 0.25) is 0 Å². The molecule has 1 atom stereocenters. The number of aromatic nitrogens is 2. The number of rotatable bonds is 9. The molecule has 4 heterocycles. The molecule has 8 rings (SSSR count). The van der Waals surface area contributed by atoms with Gasteiger partial charge in [0.25, 0.3) is 10.0 Å². The van der Waals surface area contributed by atoms with E-state index in [-0.39, 0.29) is 11.4 Å². The SMILES string of the molecule is CCOc1ccc(OC)cc1C1(N2CCN(c3ccnc(C4CC4)c3)CC2)CN(S(=O)(=O)c2cccc3cccnc23)c2ccc(C#N)cc21. The van der Waals surface area contributed by atoms with Crippen molar-refractivity contribution in [1.82, 2.24) is 14.9 Å². The Bertz CT molecular complexity index is 2240. The van der Waals surface area contributed by atoms with Crippen LogP contribution in [0, 0.1) is 11.3 Å². The lowest BCUT2D eigenvalue weighted by atomic mass is 9.81. The van der Waals surface area contributed by atoms with Gasteiger partial charge in [-0.1, -0.05) is 18.2 Å². The number of benzene rings is 3. The largest absolute Gasteiger partial charge is 0.497 e. The van der Waals surface area contributed by atoms with Crippen molar-refractivity contribution in [3.05, 3.63) is 114 Å². The maximum absolute atomic E-state index is 15.0. The minimum Gasteiger partial charge on any atom is -0.497 e. The molecule has 2 fully saturated rings. The summed E-state index contributed by atoms with van der Waals surface area (Å²) in [5.74, 6) is 1.82. The molecule has 11 heteroatoms. The summed E-state index contributed by atoms with van der Waals surface area (Å²) < 4.78 is 43.5. The van der Waals surface area contributed by atoms with Crippen LogP contribution in [0.4, 0.5) is 11.4 Å². The van der Waals surface area contributed by atoms with E-state index in [2.05, 4.69) is 38.0 Å². The third-order valence-corrected chi connectivity index (χ3v) is 12.0. The molecule has 2 aromatic heterocycles. The van der Waals surface area contributed by atoms with Crippen LogP contribution in [-0.4, -0.2) is 69.7 Å². The Morgan fingerprint density at radius 2 is 1.74 bits per heavy atom. The van der Waals surface area contributed by atoms with Gasteiger partial charge in [0.05, 0.1) is 48.6 Å². The van der Waals surface area contributed by atoms with E-state index in [1.807, 2.05) is 49.5 Å². The van der Waals surface area contributed by atoms with Gasteiger partial charge in [-0.15, -0.1) is 0 Å². The number of nitrogens with zero attached hydrogens (tertiary/aromatic N) is 6. The fourth-order valence-corrected chi connectivity index (χ4v) is 9.32. The average molecular weight is 687 g/mol. The molecule has 0 bridgehead atoms. The van der Waals surface area contributed by atoms with Gasteiger partial charge in [0.15, 0.2) is 0 Å². The third-order valence-electron chi connectivity index (χ3n) is 10.3. The highest BCUT2D eigenvalue weighted by atomic mass is 32.2. The summed E-state index contributed by atoms with van der Waals surface area (Å²) in [5.41, 5.74) is 4.19. The molecule has 1 saturated carbocycles. The number of hydrogen-bond donors (Lipinski definition) is 0. The van der Waals surface area contributed by atoms with Crippen molar-refractivity contribution in [3.63, 3.8) is 0 Å². The molecule has 254 valence electrons. The van der Waals surface area contributed by atoms with E-state index in [1.165, 1.54) is 17.1 Å². The predicted molar refractivity (Wildman–Crippen MR) is 192 cm³/mol. The van der Waals surface area contributed by atoms with Crippen molar-refractivity contribution in [2.45, 2.75) is 36.1 Å². The summed E-state index contributed by atoms with van der Waals surface area (Å²) in [6.07, 6.45) is 5.90. The van der Waals surface area contributed by atoms with Crippen LogP contribution in [0.25, 0.3) is 10.9 Å². The van der Waals surface area contributed by atoms with Crippen molar-refractivity contribution in [2.75, 3.05) is 55.6 Å². The van der Waals surface area contributed by atoms with E-state index in [0.29, 0.717) is 53.9 Å². The van der Waals surface area contributed by atoms with E-state index in [9.17, 15) is 13.7 Å². The first-order valence-corrected chi connectivity index (χ1v) is 18.5. The first-order valence-electron chi connectivity index (χ1n) is 17.1. The van der Waals surface area contributed by atoms with Gasteiger partial charge in [-0.25, -0.2) is 8.42 Å². The molecule has 2 aliphatic heterocycles. The zero-order valence-electron chi connectivity index (χ0n) is 28.1. The zero-order chi connectivity index (χ0) is 34.5. The standard InChI is InChI=1S/C39H38N6O4S/c1-3-49-36-14-12-31(48-2)24-33(36)39(44-20-18-43(19-21-44)30-15-17-41-34(23-30)28-10-11-28)26-45(35-13-9-27(25-40)22-32(35)39)50(46,47)37-8-4-6-29-7-5-16-42-38(29)37/h4-9,12-17,22-24,28H,3,10-11,18-21,26H2,1-2H3. The number of pyridine rings is 2. The van der Waals surface area contributed by atoms with Crippen molar-refractivity contribution in [1.29, 1.82) is 5.26 Å². The minimum atomic E-state index is -4.15. The lowest BCUT2D eigenvalue weighted by Gasteiger charge is -2.47. The van der Waals surface area contributed by atoms with Gasteiger partial charge >= 0.3 is 0 Å². The highest BCUT2D eigenvalue weighted by Gasteiger charge is 2.54.